The summed E-state index contributed by atoms with van der Waals surface area (Å²) in [4.78, 5) is 12.4. The van der Waals surface area contributed by atoms with Crippen LogP contribution in [-0.2, 0) is 14.0 Å². The number of nitrogens with zero attached hydrogens (tertiary/aromatic N) is 1. The number of hydrogen-bond donors (Lipinski definition) is 1. The van der Waals surface area contributed by atoms with Crippen LogP contribution in [0.5, 0.6) is 0 Å². The summed E-state index contributed by atoms with van der Waals surface area (Å²) in [6.07, 6.45) is 0. The second-order valence-corrected chi connectivity index (χ2v) is 14.6. The van der Waals surface area contributed by atoms with Crippen LogP contribution in [0.1, 0.15) is 65.6 Å². The second-order valence-electron chi connectivity index (χ2n) is 9.78. The number of carbonyl (C=O) groups excluding carboxylic acids is 1. The number of esters is 1. The molecule has 0 fully saturated rings. The van der Waals surface area contributed by atoms with Crippen molar-refractivity contribution in [1.82, 2.24) is 5.32 Å². The Kier molecular flexibility index (Phi) is 8.01. The molecular weight excluding hydrogens is 368 g/mol. The molecule has 0 saturated carbocycles. The minimum absolute atomic E-state index is 0.0962. The van der Waals surface area contributed by atoms with Gasteiger partial charge in [0.05, 0.1) is 24.3 Å². The van der Waals surface area contributed by atoms with Crippen molar-refractivity contribution in [3.8, 4) is 6.07 Å². The summed E-state index contributed by atoms with van der Waals surface area (Å²) >= 11 is 0. The predicted molar refractivity (Wildman–Crippen MR) is 115 cm³/mol. The molecule has 0 amide bonds. The Morgan fingerprint density at radius 3 is 2.11 bits per heavy atom. The van der Waals surface area contributed by atoms with Crippen LogP contribution in [0.3, 0.4) is 0 Å². The van der Waals surface area contributed by atoms with Gasteiger partial charge in [0, 0.05) is 0 Å². The lowest BCUT2D eigenvalue weighted by molar-refractivity contribution is -0.157. The van der Waals surface area contributed by atoms with Gasteiger partial charge in [-0.15, -0.1) is 0 Å². The SMILES string of the molecule is C[C@@H](NC(CO[Si](C)(C)C(C)(C)C)c1ccc(C#N)cc1)C(=O)OC(C)(C)C. The van der Waals surface area contributed by atoms with Gasteiger partial charge < -0.3 is 9.16 Å². The quantitative estimate of drug-likeness (QED) is 0.515. The smallest absolute Gasteiger partial charge is 0.323 e. The van der Waals surface area contributed by atoms with Gasteiger partial charge in [0.2, 0.25) is 0 Å². The molecule has 0 spiro atoms. The molecule has 5 nitrogen and oxygen atoms in total. The second kappa shape index (κ2) is 9.21. The fraction of sp³-hybridized carbons (Fsp3) is 0.636. The van der Waals surface area contributed by atoms with Crippen LogP contribution in [0.25, 0.3) is 0 Å². The third-order valence-electron chi connectivity index (χ3n) is 5.07. The largest absolute Gasteiger partial charge is 0.459 e. The summed E-state index contributed by atoms with van der Waals surface area (Å²) in [6, 6.07) is 8.87. The van der Waals surface area contributed by atoms with E-state index in [0.717, 1.165) is 5.56 Å². The molecule has 0 radical (unpaired) electrons. The highest BCUT2D eigenvalue weighted by atomic mass is 28.4. The van der Waals surface area contributed by atoms with E-state index < -0.39 is 20.0 Å². The molecule has 0 aliphatic heterocycles. The lowest BCUT2D eigenvalue weighted by Gasteiger charge is -2.37. The first-order valence-corrected chi connectivity index (χ1v) is 12.7. The minimum atomic E-state index is -1.94. The van der Waals surface area contributed by atoms with Crippen LogP contribution in [0.2, 0.25) is 18.1 Å². The fourth-order valence-electron chi connectivity index (χ4n) is 2.30. The molecular formula is C22H36N2O3Si. The fourth-order valence-corrected chi connectivity index (χ4v) is 3.32. The van der Waals surface area contributed by atoms with E-state index in [1.165, 1.54) is 0 Å². The molecule has 0 saturated heterocycles. The molecule has 2 atom stereocenters. The van der Waals surface area contributed by atoms with Crippen molar-refractivity contribution in [2.45, 2.75) is 84.3 Å². The van der Waals surface area contributed by atoms with Crippen LogP contribution in [0.15, 0.2) is 24.3 Å². The van der Waals surface area contributed by atoms with Gasteiger partial charge in [-0.2, -0.15) is 5.26 Å². The van der Waals surface area contributed by atoms with Gasteiger partial charge in [0.1, 0.15) is 11.6 Å². The molecule has 1 aromatic rings. The van der Waals surface area contributed by atoms with Gasteiger partial charge in [-0.25, -0.2) is 0 Å². The molecule has 0 aliphatic carbocycles. The van der Waals surface area contributed by atoms with E-state index in [1.54, 1.807) is 19.1 Å². The molecule has 0 heterocycles. The molecule has 156 valence electrons. The molecule has 0 aliphatic rings. The zero-order chi connectivity index (χ0) is 21.8. The molecule has 1 N–H and O–H groups in total. The van der Waals surface area contributed by atoms with Crippen LogP contribution in [0, 0.1) is 11.3 Å². The number of hydrogen-bond acceptors (Lipinski definition) is 5. The summed E-state index contributed by atoms with van der Waals surface area (Å²) in [5, 5.41) is 12.5. The minimum Gasteiger partial charge on any atom is -0.459 e. The van der Waals surface area contributed by atoms with E-state index in [9.17, 15) is 4.79 Å². The van der Waals surface area contributed by atoms with Crippen molar-refractivity contribution in [1.29, 1.82) is 5.26 Å². The van der Waals surface area contributed by atoms with Crippen LogP contribution in [-0.4, -0.2) is 32.5 Å². The Hall–Kier alpha value is -1.68. The Labute approximate surface area is 171 Å². The highest BCUT2D eigenvalue weighted by Gasteiger charge is 2.38. The van der Waals surface area contributed by atoms with E-state index in [-0.39, 0.29) is 17.0 Å². The number of benzene rings is 1. The third kappa shape index (κ3) is 7.38. The average Bonchev–Trinajstić information content (AvgIpc) is 2.56. The first-order valence-electron chi connectivity index (χ1n) is 9.79. The zero-order valence-electron chi connectivity index (χ0n) is 18.8. The molecule has 0 bridgehead atoms. The first-order chi connectivity index (χ1) is 12.7. The van der Waals surface area contributed by atoms with E-state index in [0.29, 0.717) is 12.2 Å². The summed E-state index contributed by atoms with van der Waals surface area (Å²) in [5.74, 6) is -0.293. The Morgan fingerprint density at radius 1 is 1.14 bits per heavy atom. The van der Waals surface area contributed by atoms with Gasteiger partial charge in [0.25, 0.3) is 0 Å². The van der Waals surface area contributed by atoms with Gasteiger partial charge in [0.15, 0.2) is 8.32 Å². The maximum Gasteiger partial charge on any atom is 0.323 e. The van der Waals surface area contributed by atoms with E-state index in [4.69, 9.17) is 14.4 Å². The standard InChI is InChI=1S/C22H36N2O3Si/c1-16(20(25)27-21(2,3)4)24-19(15-26-28(8,9)22(5,6)7)18-12-10-17(14-23)11-13-18/h10-13,16,19,24H,15H2,1-9H3/t16-,19?/m1/s1. The summed E-state index contributed by atoms with van der Waals surface area (Å²) < 4.78 is 11.9. The Balaban J connectivity index is 3.01. The monoisotopic (exact) mass is 404 g/mol. The summed E-state index contributed by atoms with van der Waals surface area (Å²) in [7, 11) is -1.94. The van der Waals surface area contributed by atoms with E-state index in [1.807, 2.05) is 32.9 Å². The maximum absolute atomic E-state index is 12.4. The first kappa shape index (κ1) is 24.4. The zero-order valence-corrected chi connectivity index (χ0v) is 19.8. The molecule has 1 rings (SSSR count). The predicted octanol–water partition coefficient (Wildman–Crippen LogP) is 4.94. The average molecular weight is 405 g/mol. The highest BCUT2D eigenvalue weighted by Crippen LogP contribution is 2.37. The maximum atomic E-state index is 12.4. The highest BCUT2D eigenvalue weighted by molar-refractivity contribution is 6.74. The van der Waals surface area contributed by atoms with Gasteiger partial charge in [-0.1, -0.05) is 32.9 Å². The van der Waals surface area contributed by atoms with Crippen molar-refractivity contribution in [3.05, 3.63) is 35.4 Å². The number of nitrogens with one attached hydrogen (secondary N) is 1. The van der Waals surface area contributed by atoms with Gasteiger partial charge >= 0.3 is 5.97 Å². The lowest BCUT2D eigenvalue weighted by atomic mass is 10.0. The van der Waals surface area contributed by atoms with Crippen molar-refractivity contribution >= 4 is 14.3 Å². The van der Waals surface area contributed by atoms with Crippen LogP contribution in [0.4, 0.5) is 0 Å². The van der Waals surface area contributed by atoms with Crippen molar-refractivity contribution < 1.29 is 14.0 Å². The third-order valence-corrected chi connectivity index (χ3v) is 9.57. The number of ether oxygens (including phenoxy) is 1. The summed E-state index contributed by atoms with van der Waals surface area (Å²) in [6.45, 7) is 18.8. The number of nitriles is 1. The van der Waals surface area contributed by atoms with E-state index in [2.05, 4.69) is 45.3 Å². The molecule has 0 aromatic heterocycles. The van der Waals surface area contributed by atoms with Crippen molar-refractivity contribution in [2.24, 2.45) is 0 Å². The van der Waals surface area contributed by atoms with Crippen molar-refractivity contribution in [2.75, 3.05) is 6.61 Å². The molecule has 1 unspecified atom stereocenters. The van der Waals surface area contributed by atoms with Crippen LogP contribution < -0.4 is 5.32 Å². The van der Waals surface area contributed by atoms with E-state index >= 15 is 0 Å². The molecule has 28 heavy (non-hydrogen) atoms. The summed E-state index contributed by atoms with van der Waals surface area (Å²) in [5.41, 5.74) is 1.05. The van der Waals surface area contributed by atoms with Gasteiger partial charge in [-0.3, -0.25) is 10.1 Å². The number of rotatable bonds is 7. The Morgan fingerprint density at radius 2 is 1.68 bits per heavy atom. The molecule has 6 heteroatoms. The number of carbonyl (C=O) groups is 1. The van der Waals surface area contributed by atoms with Crippen LogP contribution >= 0.6 is 0 Å². The van der Waals surface area contributed by atoms with Gasteiger partial charge in [-0.05, 0) is 63.5 Å². The van der Waals surface area contributed by atoms with Crippen molar-refractivity contribution in [3.63, 3.8) is 0 Å². The lowest BCUT2D eigenvalue weighted by Crippen LogP contribution is -2.46. The Bertz CT molecular complexity index is 694. The topological polar surface area (TPSA) is 71.3 Å². The molecule has 1 aromatic carbocycles. The normalized spacial score (nSPS) is 14.9.